The second kappa shape index (κ2) is 14.8. The first-order chi connectivity index (χ1) is 23.5. The van der Waals surface area contributed by atoms with Crippen LogP contribution in [0.3, 0.4) is 0 Å². The van der Waals surface area contributed by atoms with Gasteiger partial charge in [0.2, 0.25) is 0 Å². The van der Waals surface area contributed by atoms with Crippen LogP contribution in [0.25, 0.3) is 0 Å². The summed E-state index contributed by atoms with van der Waals surface area (Å²) in [4.78, 5) is 40.7. The number of hydrogen-bond acceptors (Lipinski definition) is 10. The third-order valence-corrected chi connectivity index (χ3v) is 10.9. The predicted octanol–water partition coefficient (Wildman–Crippen LogP) is 6.19. The summed E-state index contributed by atoms with van der Waals surface area (Å²) < 4.78 is 23.5. The lowest BCUT2D eigenvalue weighted by Gasteiger charge is -2.34. The Morgan fingerprint density at radius 3 is 1.48 bits per heavy atom. The van der Waals surface area contributed by atoms with Gasteiger partial charge >= 0.3 is 0 Å². The second-order valence-corrected chi connectivity index (χ2v) is 13.8. The normalized spacial score (nSPS) is 25.1. The minimum Gasteiger partial charge on any atom is -0.493 e. The van der Waals surface area contributed by atoms with Crippen molar-refractivity contribution in [3.05, 3.63) is 35.4 Å². The summed E-state index contributed by atoms with van der Waals surface area (Å²) in [7, 11) is 3.24. The quantitative estimate of drug-likeness (QED) is 0.250. The maximum absolute atomic E-state index is 13.2. The highest BCUT2D eigenvalue weighted by atomic mass is 16.5. The molecule has 2 saturated carbocycles. The number of carbonyl (C=O) groups excluding carboxylic acids is 2. The lowest BCUT2D eigenvalue weighted by atomic mass is 9.89. The highest BCUT2D eigenvalue weighted by Crippen LogP contribution is 2.44. The van der Waals surface area contributed by atoms with Crippen LogP contribution in [0, 0.1) is 23.7 Å². The Bertz CT molecular complexity index is 1450. The minimum absolute atomic E-state index is 0.0398. The van der Waals surface area contributed by atoms with Crippen LogP contribution in [-0.2, 0) is 0 Å². The number of Topliss-reactive ketones (excluding diaryl/α,β-unsaturated/α-hetero) is 2. The number of rotatable bonds is 12. The Morgan fingerprint density at radius 2 is 1.06 bits per heavy atom. The molecule has 1 saturated heterocycles. The van der Waals surface area contributed by atoms with Gasteiger partial charge in [-0.1, -0.05) is 12.8 Å². The summed E-state index contributed by atoms with van der Waals surface area (Å²) in [6.45, 7) is 7.17. The van der Waals surface area contributed by atoms with Gasteiger partial charge in [-0.2, -0.15) is 0 Å². The number of aliphatic imine (C=N–C) groups is 2. The van der Waals surface area contributed by atoms with Gasteiger partial charge in [0.05, 0.1) is 38.8 Å². The maximum Gasteiger partial charge on any atom is 0.168 e. The molecule has 2 unspecified atom stereocenters. The van der Waals surface area contributed by atoms with Crippen LogP contribution in [0.4, 0.5) is 11.4 Å². The lowest BCUT2D eigenvalue weighted by Crippen LogP contribution is -2.47. The van der Waals surface area contributed by atoms with E-state index in [9.17, 15) is 9.59 Å². The van der Waals surface area contributed by atoms with E-state index in [1.54, 1.807) is 14.2 Å². The summed E-state index contributed by atoms with van der Waals surface area (Å²) in [6, 6.07) is 7.38. The zero-order valence-electron chi connectivity index (χ0n) is 28.3. The van der Waals surface area contributed by atoms with Crippen LogP contribution in [0.15, 0.2) is 34.3 Å². The van der Waals surface area contributed by atoms with Gasteiger partial charge in [0, 0.05) is 98.6 Å². The molecule has 10 heteroatoms. The van der Waals surface area contributed by atoms with Crippen molar-refractivity contribution in [1.29, 1.82) is 0 Å². The van der Waals surface area contributed by atoms with E-state index in [4.69, 9.17) is 18.9 Å². The molecule has 7 rings (SSSR count). The van der Waals surface area contributed by atoms with Crippen molar-refractivity contribution < 1.29 is 28.5 Å². The third kappa shape index (κ3) is 6.87. The van der Waals surface area contributed by atoms with Crippen molar-refractivity contribution in [3.8, 4) is 23.0 Å². The average Bonchev–Trinajstić information content (AvgIpc) is 3.75. The van der Waals surface area contributed by atoms with Crippen LogP contribution >= 0.6 is 0 Å². The van der Waals surface area contributed by atoms with Gasteiger partial charge in [-0.25, -0.2) is 0 Å². The molecule has 48 heavy (non-hydrogen) atoms. The van der Waals surface area contributed by atoms with E-state index in [2.05, 4.69) is 19.8 Å². The Morgan fingerprint density at radius 1 is 0.625 bits per heavy atom. The van der Waals surface area contributed by atoms with E-state index in [0.717, 1.165) is 90.6 Å². The third-order valence-electron chi connectivity index (χ3n) is 10.9. The molecule has 0 spiro atoms. The maximum atomic E-state index is 13.2. The van der Waals surface area contributed by atoms with Gasteiger partial charge in [0.1, 0.15) is 0 Å². The summed E-state index contributed by atoms with van der Waals surface area (Å²) >= 11 is 0. The second-order valence-electron chi connectivity index (χ2n) is 13.8. The Kier molecular flexibility index (Phi) is 10.1. The molecule has 5 aliphatic rings. The number of ketones is 2. The molecule has 0 amide bonds. The van der Waals surface area contributed by atoms with E-state index in [-0.39, 0.29) is 35.2 Å². The SMILES string of the molecule is COc1cc2c(cc1OCCCN1CCN(CCCOc3cc4c(cc3OC)C(=O)C3CCC[C@H]3C=N4)CC1)N=C[C@@H]1CCCC1C2=O. The molecule has 3 fully saturated rings. The highest BCUT2D eigenvalue weighted by Gasteiger charge is 2.37. The number of nitrogens with zero attached hydrogens (tertiary/aromatic N) is 4. The minimum atomic E-state index is 0.0398. The first kappa shape index (κ1) is 32.8. The van der Waals surface area contributed by atoms with Crippen LogP contribution in [-0.4, -0.2) is 100 Å². The van der Waals surface area contributed by atoms with E-state index < -0.39 is 0 Å². The van der Waals surface area contributed by atoms with Crippen LogP contribution < -0.4 is 18.9 Å². The molecule has 2 aromatic rings. The summed E-state index contributed by atoms with van der Waals surface area (Å²) in [6.07, 6.45) is 11.9. The van der Waals surface area contributed by atoms with Crippen molar-refractivity contribution in [2.45, 2.75) is 51.4 Å². The largest absolute Gasteiger partial charge is 0.493 e. The van der Waals surface area contributed by atoms with Crippen LogP contribution in [0.1, 0.15) is 72.1 Å². The summed E-state index contributed by atoms with van der Waals surface area (Å²) in [5.74, 6) is 3.41. The summed E-state index contributed by atoms with van der Waals surface area (Å²) in [5.41, 5.74) is 2.68. The molecular formula is C38H48N4O6. The van der Waals surface area contributed by atoms with E-state index in [1.165, 1.54) is 0 Å². The highest BCUT2D eigenvalue weighted by molar-refractivity contribution is 6.07. The first-order valence-corrected chi connectivity index (χ1v) is 17.8. The topological polar surface area (TPSA) is 102 Å². The molecule has 4 atom stereocenters. The van der Waals surface area contributed by atoms with E-state index in [1.807, 2.05) is 36.7 Å². The van der Waals surface area contributed by atoms with Crippen molar-refractivity contribution in [2.75, 3.05) is 66.7 Å². The molecule has 0 bridgehead atoms. The number of benzene rings is 2. The van der Waals surface area contributed by atoms with Crippen molar-refractivity contribution >= 4 is 35.4 Å². The fraction of sp³-hybridized carbons (Fsp3) is 0.579. The average molecular weight is 657 g/mol. The molecular weight excluding hydrogens is 608 g/mol. The van der Waals surface area contributed by atoms with Gasteiger partial charge in [-0.3, -0.25) is 19.6 Å². The summed E-state index contributed by atoms with van der Waals surface area (Å²) in [5, 5.41) is 0. The number of carbonyl (C=O) groups is 2. The monoisotopic (exact) mass is 656 g/mol. The van der Waals surface area contributed by atoms with E-state index in [0.29, 0.717) is 58.7 Å². The van der Waals surface area contributed by atoms with Gasteiger partial charge in [-0.15, -0.1) is 0 Å². The lowest BCUT2D eigenvalue weighted by molar-refractivity contribution is 0.0904. The van der Waals surface area contributed by atoms with E-state index >= 15 is 0 Å². The van der Waals surface area contributed by atoms with Gasteiger partial charge < -0.3 is 28.7 Å². The number of piperazine rings is 1. The van der Waals surface area contributed by atoms with Crippen molar-refractivity contribution in [3.63, 3.8) is 0 Å². The molecule has 10 nitrogen and oxygen atoms in total. The Hall–Kier alpha value is -3.76. The zero-order chi connectivity index (χ0) is 33.0. The van der Waals surface area contributed by atoms with Crippen molar-refractivity contribution in [1.82, 2.24) is 9.80 Å². The number of methoxy groups -OCH3 is 2. The number of hydrogen-bond donors (Lipinski definition) is 0. The molecule has 3 aliphatic heterocycles. The van der Waals surface area contributed by atoms with Gasteiger partial charge in [-0.05, 0) is 50.7 Å². The number of ether oxygens (including phenoxy) is 4. The fourth-order valence-corrected chi connectivity index (χ4v) is 8.17. The predicted molar refractivity (Wildman–Crippen MR) is 186 cm³/mol. The van der Waals surface area contributed by atoms with Crippen molar-refractivity contribution in [2.24, 2.45) is 33.7 Å². The molecule has 2 aliphatic carbocycles. The molecule has 0 N–H and O–H groups in total. The fourth-order valence-electron chi connectivity index (χ4n) is 8.17. The Labute approximate surface area is 283 Å². The molecule has 0 aromatic heterocycles. The molecule has 3 heterocycles. The Balaban J connectivity index is 0.832. The number of fused-ring (bicyclic) bond motifs is 4. The van der Waals surface area contributed by atoms with Gasteiger partial charge in [0.15, 0.2) is 34.6 Å². The first-order valence-electron chi connectivity index (χ1n) is 17.8. The van der Waals surface area contributed by atoms with Gasteiger partial charge in [0.25, 0.3) is 0 Å². The molecule has 2 aromatic carbocycles. The molecule has 256 valence electrons. The molecule has 0 radical (unpaired) electrons. The van der Waals surface area contributed by atoms with Crippen LogP contribution in [0.2, 0.25) is 0 Å². The standard InChI is InChI=1S/C38H48N4O6/c1-45-33-19-29-31(39-23-25-7-3-9-27(25)37(29)43)21-35(33)47-17-5-11-41-13-15-42(16-14-41)12-6-18-48-36-22-32-30(20-34(36)46-2)38(44)28-10-4-8-26(28)24-40-32/h19-28H,3-18H2,1-2H3/t25-,26-,27?,28?/m0/s1. The zero-order valence-corrected chi connectivity index (χ0v) is 28.3. The van der Waals surface area contributed by atoms with Crippen LogP contribution in [0.5, 0.6) is 23.0 Å². The smallest absolute Gasteiger partial charge is 0.168 e.